The van der Waals surface area contributed by atoms with Crippen LogP contribution in [0.5, 0.6) is 0 Å². The van der Waals surface area contributed by atoms with Gasteiger partial charge in [-0.05, 0) is 81.7 Å². The van der Waals surface area contributed by atoms with E-state index in [1.54, 1.807) is 12.1 Å². The molecule has 1 aliphatic rings. The van der Waals surface area contributed by atoms with Gasteiger partial charge in [0, 0.05) is 6.04 Å². The van der Waals surface area contributed by atoms with Gasteiger partial charge >= 0.3 is 5.82 Å². The number of aromatic nitrogens is 1. The highest BCUT2D eigenvalue weighted by Crippen LogP contribution is 2.14. The second-order valence-electron chi connectivity index (χ2n) is 6.80. The molecule has 0 unspecified atom stereocenters. The number of carbonyl (C=O) groups excluding carboxylic acids is 1. The first-order chi connectivity index (χ1) is 11.8. The number of nitrogens with zero attached hydrogens (tertiary/aromatic N) is 2. The Hall–Kier alpha value is -2.06. The molecule has 140 valence electrons. The lowest BCUT2D eigenvalue weighted by Crippen LogP contribution is -2.40. The van der Waals surface area contributed by atoms with Gasteiger partial charge in [0.05, 0.1) is 5.56 Å². The van der Waals surface area contributed by atoms with Gasteiger partial charge in [0.2, 0.25) is 0 Å². The van der Waals surface area contributed by atoms with E-state index in [-0.39, 0.29) is 11.4 Å². The van der Waals surface area contributed by atoms with Crippen LogP contribution >= 0.6 is 0 Å². The van der Waals surface area contributed by atoms with Crippen molar-refractivity contribution in [2.24, 2.45) is 0 Å². The van der Waals surface area contributed by atoms with E-state index in [0.717, 1.165) is 32.5 Å². The number of ether oxygens (including phenoxy) is 1. The quantitative estimate of drug-likeness (QED) is 0.457. The molecule has 1 aromatic rings. The molecule has 0 aliphatic carbocycles. The number of hydrogen-bond acceptors (Lipinski definition) is 7. The zero-order valence-electron chi connectivity index (χ0n) is 15.2. The van der Waals surface area contributed by atoms with Gasteiger partial charge in [0.1, 0.15) is 11.8 Å². The highest BCUT2D eigenvalue weighted by molar-refractivity contribution is 5.37. The molecule has 0 saturated carbocycles. The Labute approximate surface area is 148 Å². The van der Waals surface area contributed by atoms with E-state index in [1.807, 2.05) is 20.8 Å². The number of nitrogens with one attached hydrogen (secondary N) is 2. The molecule has 1 saturated heterocycles. The summed E-state index contributed by atoms with van der Waals surface area (Å²) < 4.78 is 4.55. The van der Waals surface area contributed by atoms with E-state index >= 15 is 0 Å². The number of nitro groups is 1. The highest BCUT2D eigenvalue weighted by Gasteiger charge is 2.15. The Balaban J connectivity index is 0.000000381. The van der Waals surface area contributed by atoms with Gasteiger partial charge < -0.3 is 25.5 Å². The molecular weight excluding hydrogens is 324 g/mol. The Kier molecular flexibility index (Phi) is 9.01. The summed E-state index contributed by atoms with van der Waals surface area (Å²) in [5.41, 5.74) is 0.380. The zero-order chi connectivity index (χ0) is 18.7. The molecule has 0 radical (unpaired) electrons. The molecule has 2 rings (SSSR count). The molecule has 2 heterocycles. The van der Waals surface area contributed by atoms with Crippen LogP contribution in [0.3, 0.4) is 0 Å². The predicted octanol–water partition coefficient (Wildman–Crippen LogP) is 1.83. The van der Waals surface area contributed by atoms with E-state index in [0.29, 0.717) is 24.5 Å². The summed E-state index contributed by atoms with van der Waals surface area (Å²) in [6.45, 7) is 8.77. The second kappa shape index (κ2) is 10.7. The van der Waals surface area contributed by atoms with Crippen molar-refractivity contribution in [3.05, 3.63) is 34.0 Å². The third-order valence-corrected chi connectivity index (χ3v) is 3.61. The molecule has 25 heavy (non-hydrogen) atoms. The van der Waals surface area contributed by atoms with Gasteiger partial charge in [-0.15, -0.1) is 0 Å². The molecule has 0 atom stereocenters. The SMILES string of the molecule is CC(C)(C)OC=O.O=[N+]([O-])c1ncccc1CCNC1CCNCC1. The van der Waals surface area contributed by atoms with Gasteiger partial charge in [-0.25, -0.2) is 0 Å². The maximum Gasteiger partial charge on any atom is 0.366 e. The number of pyridine rings is 1. The molecule has 1 fully saturated rings. The van der Waals surface area contributed by atoms with E-state index < -0.39 is 4.92 Å². The Bertz CT molecular complexity index is 540. The summed E-state index contributed by atoms with van der Waals surface area (Å²) in [5.74, 6) is -0.0235. The highest BCUT2D eigenvalue weighted by atomic mass is 16.6. The number of rotatable bonds is 6. The van der Waals surface area contributed by atoms with Crippen LogP contribution in [-0.2, 0) is 16.0 Å². The van der Waals surface area contributed by atoms with Gasteiger partial charge in [-0.3, -0.25) is 4.79 Å². The second-order valence-corrected chi connectivity index (χ2v) is 6.80. The average Bonchev–Trinajstić information content (AvgIpc) is 2.55. The first-order valence-electron chi connectivity index (χ1n) is 8.47. The van der Waals surface area contributed by atoms with E-state index in [2.05, 4.69) is 20.4 Å². The summed E-state index contributed by atoms with van der Waals surface area (Å²) in [4.78, 5) is 23.8. The van der Waals surface area contributed by atoms with Crippen LogP contribution in [0.4, 0.5) is 5.82 Å². The lowest BCUT2D eigenvalue weighted by molar-refractivity contribution is -0.390. The first kappa shape index (κ1) is 21.0. The van der Waals surface area contributed by atoms with E-state index in [9.17, 15) is 14.9 Å². The zero-order valence-corrected chi connectivity index (χ0v) is 15.2. The molecule has 8 heteroatoms. The van der Waals surface area contributed by atoms with Crippen LogP contribution in [0.1, 0.15) is 39.2 Å². The molecule has 2 N–H and O–H groups in total. The lowest BCUT2D eigenvalue weighted by atomic mass is 10.1. The molecular formula is C17H28N4O4. The topological polar surface area (TPSA) is 106 Å². The van der Waals surface area contributed by atoms with Crippen molar-refractivity contribution in [3.63, 3.8) is 0 Å². The number of hydrogen-bond donors (Lipinski definition) is 2. The fraction of sp³-hybridized carbons (Fsp3) is 0.647. The lowest BCUT2D eigenvalue weighted by Gasteiger charge is -2.23. The predicted molar refractivity (Wildman–Crippen MR) is 95.4 cm³/mol. The van der Waals surface area contributed by atoms with Crippen LogP contribution in [0, 0.1) is 10.1 Å². The Morgan fingerprint density at radius 1 is 1.44 bits per heavy atom. The van der Waals surface area contributed by atoms with Crippen molar-refractivity contribution in [2.75, 3.05) is 19.6 Å². The standard InChI is InChI=1S/C12H18N4O2.C5H10O2/c17-16(18)12-10(2-1-6-15-12)3-9-14-11-4-7-13-8-5-11;1-5(2,3)7-4-6/h1-2,6,11,13-14H,3-5,7-9H2;4H,1-3H3. The van der Waals surface area contributed by atoms with Crippen LogP contribution < -0.4 is 10.6 Å². The Morgan fingerprint density at radius 2 is 2.12 bits per heavy atom. The fourth-order valence-corrected chi connectivity index (χ4v) is 2.37. The Morgan fingerprint density at radius 3 is 2.64 bits per heavy atom. The third-order valence-electron chi connectivity index (χ3n) is 3.61. The molecule has 0 amide bonds. The monoisotopic (exact) mass is 352 g/mol. The normalized spacial score (nSPS) is 15.0. The maximum atomic E-state index is 10.8. The largest absolute Gasteiger partial charge is 0.462 e. The van der Waals surface area contributed by atoms with Gasteiger partial charge in [-0.2, -0.15) is 0 Å². The first-order valence-corrected chi connectivity index (χ1v) is 8.47. The minimum Gasteiger partial charge on any atom is -0.462 e. The number of carbonyl (C=O) groups is 1. The van der Waals surface area contributed by atoms with Crippen LogP contribution in [-0.4, -0.2) is 47.7 Å². The third kappa shape index (κ3) is 9.11. The molecule has 0 bridgehead atoms. The maximum absolute atomic E-state index is 10.8. The molecule has 0 spiro atoms. The van der Waals surface area contributed by atoms with Crippen molar-refractivity contribution < 1.29 is 14.5 Å². The van der Waals surface area contributed by atoms with Crippen molar-refractivity contribution in [2.45, 2.75) is 51.7 Å². The van der Waals surface area contributed by atoms with Crippen LogP contribution in [0.15, 0.2) is 18.3 Å². The van der Waals surface area contributed by atoms with Gasteiger partial charge in [-0.1, -0.05) is 0 Å². The smallest absolute Gasteiger partial charge is 0.366 e. The summed E-state index contributed by atoms with van der Waals surface area (Å²) in [6.07, 6.45) is 4.35. The van der Waals surface area contributed by atoms with Crippen molar-refractivity contribution in [1.82, 2.24) is 15.6 Å². The average molecular weight is 352 g/mol. The minimum absolute atomic E-state index is 0.0235. The van der Waals surface area contributed by atoms with Crippen LogP contribution in [0.2, 0.25) is 0 Å². The van der Waals surface area contributed by atoms with E-state index in [1.165, 1.54) is 6.20 Å². The van der Waals surface area contributed by atoms with E-state index in [4.69, 9.17) is 0 Å². The summed E-state index contributed by atoms with van der Waals surface area (Å²) in [6, 6.07) is 4.05. The molecule has 8 nitrogen and oxygen atoms in total. The van der Waals surface area contributed by atoms with Crippen molar-refractivity contribution in [3.8, 4) is 0 Å². The number of piperidine rings is 1. The summed E-state index contributed by atoms with van der Waals surface area (Å²) in [7, 11) is 0. The van der Waals surface area contributed by atoms with Gasteiger partial charge in [0.15, 0.2) is 0 Å². The minimum atomic E-state index is -0.417. The van der Waals surface area contributed by atoms with Crippen molar-refractivity contribution >= 4 is 12.3 Å². The van der Waals surface area contributed by atoms with Gasteiger partial charge in [0.25, 0.3) is 6.47 Å². The van der Waals surface area contributed by atoms with Crippen LogP contribution in [0.25, 0.3) is 0 Å². The summed E-state index contributed by atoms with van der Waals surface area (Å²) in [5, 5.41) is 17.6. The molecule has 1 aliphatic heterocycles. The molecule has 0 aromatic carbocycles. The summed E-state index contributed by atoms with van der Waals surface area (Å²) >= 11 is 0. The molecule has 1 aromatic heterocycles. The fourth-order valence-electron chi connectivity index (χ4n) is 2.37. The van der Waals surface area contributed by atoms with Crippen molar-refractivity contribution in [1.29, 1.82) is 0 Å².